The van der Waals surface area contributed by atoms with Crippen LogP contribution in [0, 0.1) is 0 Å². The lowest BCUT2D eigenvalue weighted by atomic mass is 10.1. The summed E-state index contributed by atoms with van der Waals surface area (Å²) in [6.45, 7) is 4.99. The van der Waals surface area contributed by atoms with E-state index in [9.17, 15) is 4.79 Å². The van der Waals surface area contributed by atoms with Crippen LogP contribution in [0.2, 0.25) is 0 Å². The first kappa shape index (κ1) is 16.8. The Labute approximate surface area is 154 Å². The van der Waals surface area contributed by atoms with Gasteiger partial charge < -0.3 is 4.74 Å². The minimum Gasteiger partial charge on any atom is -0.446 e. The predicted octanol–water partition coefficient (Wildman–Crippen LogP) is 3.85. The first-order chi connectivity index (χ1) is 12.8. The second-order valence-corrected chi connectivity index (χ2v) is 6.96. The maximum atomic E-state index is 12.6. The molecule has 2 aliphatic heterocycles. The number of carbonyl (C=O) groups excluding carboxylic acids is 1. The van der Waals surface area contributed by atoms with Gasteiger partial charge in [-0.05, 0) is 24.6 Å². The van der Waals surface area contributed by atoms with Gasteiger partial charge in [0.25, 0.3) is 5.84 Å². The number of fused-ring (bicyclic) bond motifs is 1. The fraction of sp³-hybridized carbons (Fsp3) is 0.364. The standard InChI is InChI=1S/C22H25N2O2/c1-2-3-14-24-19-12-8-7-11-18(19)16-23-15-13-20(21(23)24)26-22(25)17-9-5-4-6-10-17/h4-12,20H,2-3,13-16H2,1H3/q+1. The third kappa shape index (κ3) is 3.12. The minimum absolute atomic E-state index is 0.173. The molecule has 0 aliphatic carbocycles. The predicted molar refractivity (Wildman–Crippen MR) is 103 cm³/mol. The van der Waals surface area contributed by atoms with Gasteiger partial charge in [-0.15, -0.1) is 0 Å². The molecule has 0 saturated heterocycles. The summed E-state index contributed by atoms with van der Waals surface area (Å²) >= 11 is 0. The van der Waals surface area contributed by atoms with E-state index < -0.39 is 0 Å². The van der Waals surface area contributed by atoms with Gasteiger partial charge >= 0.3 is 5.97 Å². The molecule has 0 fully saturated rings. The molecule has 0 bridgehead atoms. The first-order valence-electron chi connectivity index (χ1n) is 9.51. The Morgan fingerprint density at radius 2 is 1.92 bits per heavy atom. The van der Waals surface area contributed by atoms with Gasteiger partial charge in [-0.25, -0.2) is 9.69 Å². The molecular weight excluding hydrogens is 324 g/mol. The number of amidine groups is 1. The summed E-state index contributed by atoms with van der Waals surface area (Å²) in [6, 6.07) is 17.9. The van der Waals surface area contributed by atoms with Crippen LogP contribution in [0.3, 0.4) is 0 Å². The number of hydrogen-bond acceptors (Lipinski definition) is 3. The molecule has 4 heteroatoms. The molecule has 26 heavy (non-hydrogen) atoms. The molecule has 0 radical (unpaired) electrons. The zero-order chi connectivity index (χ0) is 17.9. The van der Waals surface area contributed by atoms with Crippen LogP contribution in [0.4, 0.5) is 5.69 Å². The summed E-state index contributed by atoms with van der Waals surface area (Å²) in [4.78, 5) is 14.9. The van der Waals surface area contributed by atoms with Crippen molar-refractivity contribution in [1.29, 1.82) is 0 Å². The smallest absolute Gasteiger partial charge is 0.339 e. The second-order valence-electron chi connectivity index (χ2n) is 6.96. The van der Waals surface area contributed by atoms with Crippen molar-refractivity contribution in [2.24, 2.45) is 0 Å². The van der Waals surface area contributed by atoms with E-state index in [1.807, 2.05) is 30.3 Å². The van der Waals surface area contributed by atoms with Crippen molar-refractivity contribution in [2.75, 3.05) is 18.0 Å². The molecule has 1 unspecified atom stereocenters. The highest BCUT2D eigenvalue weighted by Gasteiger charge is 2.43. The highest BCUT2D eigenvalue weighted by atomic mass is 16.5. The van der Waals surface area contributed by atoms with Crippen LogP contribution in [-0.4, -0.2) is 35.6 Å². The summed E-state index contributed by atoms with van der Waals surface area (Å²) in [5.74, 6) is 0.917. The number of carbonyl (C=O) groups is 1. The first-order valence-corrected chi connectivity index (χ1v) is 9.51. The topological polar surface area (TPSA) is 32.5 Å². The van der Waals surface area contributed by atoms with Crippen molar-refractivity contribution < 1.29 is 14.1 Å². The molecule has 0 saturated carbocycles. The lowest BCUT2D eigenvalue weighted by Gasteiger charge is -2.27. The second kappa shape index (κ2) is 7.32. The molecule has 134 valence electrons. The van der Waals surface area contributed by atoms with Crippen LogP contribution >= 0.6 is 0 Å². The zero-order valence-electron chi connectivity index (χ0n) is 15.2. The summed E-state index contributed by atoms with van der Waals surface area (Å²) in [5.41, 5.74) is 3.22. The van der Waals surface area contributed by atoms with Crippen molar-refractivity contribution in [1.82, 2.24) is 0 Å². The number of hydrogen-bond donors (Lipinski definition) is 0. The molecular formula is C22H25N2O2+. The average Bonchev–Trinajstić information content (AvgIpc) is 3.08. The maximum absolute atomic E-state index is 12.6. The molecule has 4 nitrogen and oxygen atoms in total. The summed E-state index contributed by atoms with van der Waals surface area (Å²) in [5, 5.41) is 0. The van der Waals surface area contributed by atoms with E-state index in [0.717, 1.165) is 44.7 Å². The van der Waals surface area contributed by atoms with Crippen LogP contribution in [0.5, 0.6) is 0 Å². The van der Waals surface area contributed by atoms with Crippen LogP contribution in [-0.2, 0) is 11.3 Å². The van der Waals surface area contributed by atoms with E-state index in [2.05, 4.69) is 40.7 Å². The number of rotatable bonds is 5. The fourth-order valence-electron chi connectivity index (χ4n) is 3.90. The Morgan fingerprint density at radius 3 is 2.73 bits per heavy atom. The Morgan fingerprint density at radius 1 is 1.15 bits per heavy atom. The van der Waals surface area contributed by atoms with Gasteiger partial charge in [0.15, 0.2) is 0 Å². The van der Waals surface area contributed by atoms with E-state index in [0.29, 0.717) is 5.56 Å². The SMILES string of the molecule is CCCCN1C2=[N+](CCC2OC(=O)c2ccccc2)Cc2ccccc21. The van der Waals surface area contributed by atoms with E-state index in [1.54, 1.807) is 0 Å². The number of unbranched alkanes of at least 4 members (excludes halogenated alkanes) is 1. The number of nitrogens with zero attached hydrogens (tertiary/aromatic N) is 2. The van der Waals surface area contributed by atoms with Crippen LogP contribution in [0.1, 0.15) is 42.1 Å². The van der Waals surface area contributed by atoms with Gasteiger partial charge in [-0.3, -0.25) is 4.58 Å². The van der Waals surface area contributed by atoms with E-state index in [-0.39, 0.29) is 12.1 Å². The van der Waals surface area contributed by atoms with Crippen LogP contribution in [0.15, 0.2) is 54.6 Å². The normalized spacial score (nSPS) is 18.5. The van der Waals surface area contributed by atoms with E-state index in [4.69, 9.17) is 4.74 Å². The number of esters is 1. The number of para-hydroxylation sites is 1. The van der Waals surface area contributed by atoms with Crippen molar-refractivity contribution in [3.8, 4) is 0 Å². The highest BCUT2D eigenvalue weighted by molar-refractivity contribution is 6.01. The molecule has 1 atom stereocenters. The van der Waals surface area contributed by atoms with Gasteiger partial charge in [0.2, 0.25) is 6.10 Å². The summed E-state index contributed by atoms with van der Waals surface area (Å²) in [7, 11) is 0. The van der Waals surface area contributed by atoms with Crippen molar-refractivity contribution in [2.45, 2.75) is 38.8 Å². The fourth-order valence-corrected chi connectivity index (χ4v) is 3.90. The number of benzene rings is 2. The summed E-state index contributed by atoms with van der Waals surface area (Å²) < 4.78 is 8.31. The maximum Gasteiger partial charge on any atom is 0.339 e. The number of anilines is 1. The van der Waals surface area contributed by atoms with Crippen LogP contribution in [0.25, 0.3) is 0 Å². The van der Waals surface area contributed by atoms with Gasteiger partial charge in [0.05, 0.1) is 18.7 Å². The van der Waals surface area contributed by atoms with Gasteiger partial charge in [-0.2, -0.15) is 0 Å². The van der Waals surface area contributed by atoms with Crippen LogP contribution < -0.4 is 4.90 Å². The highest BCUT2D eigenvalue weighted by Crippen LogP contribution is 2.31. The molecule has 0 amide bonds. The third-order valence-electron chi connectivity index (χ3n) is 5.19. The quantitative estimate of drug-likeness (QED) is 0.607. The molecule has 2 aromatic carbocycles. The average molecular weight is 349 g/mol. The molecule has 2 heterocycles. The monoisotopic (exact) mass is 349 g/mol. The van der Waals surface area contributed by atoms with E-state index >= 15 is 0 Å². The lowest BCUT2D eigenvalue weighted by Crippen LogP contribution is -2.46. The molecule has 0 aromatic heterocycles. The minimum atomic E-state index is -0.237. The summed E-state index contributed by atoms with van der Waals surface area (Å²) in [6.07, 6.45) is 2.93. The number of ether oxygens (including phenoxy) is 1. The van der Waals surface area contributed by atoms with Crippen molar-refractivity contribution in [3.05, 3.63) is 65.7 Å². The Hall–Kier alpha value is -2.62. The Kier molecular flexibility index (Phi) is 4.74. The van der Waals surface area contributed by atoms with Crippen molar-refractivity contribution >= 4 is 17.5 Å². The largest absolute Gasteiger partial charge is 0.446 e. The van der Waals surface area contributed by atoms with E-state index in [1.165, 1.54) is 11.3 Å². The van der Waals surface area contributed by atoms with Gasteiger partial charge in [0, 0.05) is 12.0 Å². The lowest BCUT2D eigenvalue weighted by molar-refractivity contribution is -0.538. The van der Waals surface area contributed by atoms with Gasteiger partial charge in [-0.1, -0.05) is 49.7 Å². The molecule has 2 aliphatic rings. The molecule has 2 aromatic rings. The van der Waals surface area contributed by atoms with Gasteiger partial charge in [0.1, 0.15) is 12.2 Å². The molecule has 0 spiro atoms. The molecule has 0 N–H and O–H groups in total. The zero-order valence-corrected chi connectivity index (χ0v) is 15.2. The Balaban J connectivity index is 1.61. The third-order valence-corrected chi connectivity index (χ3v) is 5.19. The Bertz CT molecular complexity index is 829. The molecule has 4 rings (SSSR count). The van der Waals surface area contributed by atoms with Crippen molar-refractivity contribution in [3.63, 3.8) is 0 Å².